The Bertz CT molecular complexity index is 643. The molecule has 20 heavy (non-hydrogen) atoms. The number of anilines is 1. The first-order valence-corrected chi connectivity index (χ1v) is 5.75. The maximum Gasteiger partial charge on any atom is 0.419 e. The van der Waals surface area contributed by atoms with Crippen LogP contribution in [0.4, 0.5) is 23.2 Å². The number of rotatable bonds is 2. The van der Waals surface area contributed by atoms with Crippen molar-refractivity contribution in [3.05, 3.63) is 52.8 Å². The van der Waals surface area contributed by atoms with E-state index in [1.54, 1.807) is 0 Å². The highest BCUT2D eigenvalue weighted by molar-refractivity contribution is 6.30. The first kappa shape index (κ1) is 14.5. The number of halogens is 5. The summed E-state index contributed by atoms with van der Waals surface area (Å²) in [5.74, 6) is -1.46. The fourth-order valence-corrected chi connectivity index (χ4v) is 1.67. The second kappa shape index (κ2) is 5.20. The van der Waals surface area contributed by atoms with Crippen LogP contribution in [0.2, 0.25) is 5.02 Å². The Balaban J connectivity index is 2.37. The molecule has 0 fully saturated rings. The van der Waals surface area contributed by atoms with Crippen LogP contribution in [0.5, 0.6) is 11.5 Å². The summed E-state index contributed by atoms with van der Waals surface area (Å²) in [7, 11) is 0. The summed E-state index contributed by atoms with van der Waals surface area (Å²) in [4.78, 5) is 0. The summed E-state index contributed by atoms with van der Waals surface area (Å²) in [5, 5.41) is 0.312. The van der Waals surface area contributed by atoms with Crippen LogP contribution >= 0.6 is 11.6 Å². The van der Waals surface area contributed by atoms with Crippen molar-refractivity contribution in [3.8, 4) is 11.5 Å². The summed E-state index contributed by atoms with van der Waals surface area (Å²) in [6.45, 7) is 0. The number of ether oxygens (including phenoxy) is 1. The van der Waals surface area contributed by atoms with Gasteiger partial charge in [0.25, 0.3) is 0 Å². The molecule has 0 bridgehead atoms. The largest absolute Gasteiger partial charge is 0.455 e. The van der Waals surface area contributed by atoms with Crippen molar-refractivity contribution in [2.45, 2.75) is 6.18 Å². The van der Waals surface area contributed by atoms with Crippen molar-refractivity contribution in [2.24, 2.45) is 0 Å². The van der Waals surface area contributed by atoms with E-state index >= 15 is 0 Å². The minimum Gasteiger partial charge on any atom is -0.455 e. The highest BCUT2D eigenvalue weighted by Crippen LogP contribution is 2.36. The zero-order valence-corrected chi connectivity index (χ0v) is 10.6. The van der Waals surface area contributed by atoms with Crippen molar-refractivity contribution >= 4 is 17.3 Å². The molecule has 0 unspecified atom stereocenters. The van der Waals surface area contributed by atoms with Gasteiger partial charge >= 0.3 is 6.18 Å². The molecule has 0 heterocycles. The van der Waals surface area contributed by atoms with Crippen LogP contribution in [0, 0.1) is 5.82 Å². The third-order valence-electron chi connectivity index (χ3n) is 2.45. The van der Waals surface area contributed by atoms with E-state index < -0.39 is 17.6 Å². The van der Waals surface area contributed by atoms with E-state index in [1.807, 2.05) is 0 Å². The van der Waals surface area contributed by atoms with E-state index in [1.165, 1.54) is 18.2 Å². The average molecular weight is 306 g/mol. The standard InChI is InChI=1S/C13H8ClF4NO/c14-7-1-4-11(19)12(5-7)20-8-2-3-10(15)9(6-8)13(16,17)18/h1-6H,19H2. The van der Waals surface area contributed by atoms with E-state index in [0.717, 1.165) is 6.07 Å². The van der Waals surface area contributed by atoms with E-state index in [-0.39, 0.29) is 17.2 Å². The molecule has 0 aromatic heterocycles. The summed E-state index contributed by atoms with van der Waals surface area (Å²) in [6, 6.07) is 6.63. The lowest BCUT2D eigenvalue weighted by Crippen LogP contribution is -2.08. The Morgan fingerprint density at radius 1 is 1.05 bits per heavy atom. The van der Waals surface area contributed by atoms with Crippen molar-refractivity contribution in [1.82, 2.24) is 0 Å². The highest BCUT2D eigenvalue weighted by atomic mass is 35.5. The second-order valence-electron chi connectivity index (χ2n) is 3.92. The first-order valence-electron chi connectivity index (χ1n) is 5.37. The Labute approximate surface area is 116 Å². The number of nitrogen functional groups attached to an aromatic ring is 1. The molecule has 2 N–H and O–H groups in total. The Hall–Kier alpha value is -1.95. The Kier molecular flexibility index (Phi) is 3.76. The molecule has 0 aliphatic rings. The Morgan fingerprint density at radius 3 is 2.40 bits per heavy atom. The minimum atomic E-state index is -4.80. The number of hydrogen-bond acceptors (Lipinski definition) is 2. The van der Waals surface area contributed by atoms with Gasteiger partial charge in [-0.15, -0.1) is 0 Å². The van der Waals surface area contributed by atoms with Gasteiger partial charge in [0, 0.05) is 11.1 Å². The van der Waals surface area contributed by atoms with Crippen LogP contribution in [-0.4, -0.2) is 0 Å². The quantitative estimate of drug-likeness (QED) is 0.634. The average Bonchev–Trinajstić information content (AvgIpc) is 2.35. The third-order valence-corrected chi connectivity index (χ3v) is 2.68. The highest BCUT2D eigenvalue weighted by Gasteiger charge is 2.34. The SMILES string of the molecule is Nc1ccc(Cl)cc1Oc1ccc(F)c(C(F)(F)F)c1. The number of alkyl halides is 3. The lowest BCUT2D eigenvalue weighted by Gasteiger charge is -2.12. The molecule has 0 saturated carbocycles. The molecule has 0 aliphatic carbocycles. The molecule has 2 aromatic carbocycles. The fraction of sp³-hybridized carbons (Fsp3) is 0.0769. The Morgan fingerprint density at radius 2 is 1.75 bits per heavy atom. The number of benzene rings is 2. The second-order valence-corrected chi connectivity index (χ2v) is 4.36. The van der Waals surface area contributed by atoms with Crippen molar-refractivity contribution in [2.75, 3.05) is 5.73 Å². The molecule has 0 spiro atoms. The molecule has 2 aromatic rings. The smallest absolute Gasteiger partial charge is 0.419 e. The lowest BCUT2D eigenvalue weighted by atomic mass is 10.2. The van der Waals surface area contributed by atoms with Gasteiger partial charge < -0.3 is 10.5 Å². The third kappa shape index (κ3) is 3.14. The van der Waals surface area contributed by atoms with Crippen LogP contribution in [0.25, 0.3) is 0 Å². The van der Waals surface area contributed by atoms with Crippen LogP contribution in [0.1, 0.15) is 5.56 Å². The van der Waals surface area contributed by atoms with Crippen LogP contribution in [-0.2, 0) is 6.18 Å². The lowest BCUT2D eigenvalue weighted by molar-refractivity contribution is -0.140. The topological polar surface area (TPSA) is 35.2 Å². The van der Waals surface area contributed by atoms with Gasteiger partial charge in [0.15, 0.2) is 5.75 Å². The van der Waals surface area contributed by atoms with E-state index in [0.29, 0.717) is 17.2 Å². The molecule has 2 rings (SSSR count). The molecule has 7 heteroatoms. The summed E-state index contributed by atoms with van der Waals surface area (Å²) in [6.07, 6.45) is -4.80. The van der Waals surface area contributed by atoms with E-state index in [9.17, 15) is 17.6 Å². The molecule has 0 radical (unpaired) electrons. The van der Waals surface area contributed by atoms with E-state index in [4.69, 9.17) is 22.1 Å². The molecule has 0 aliphatic heterocycles. The van der Waals surface area contributed by atoms with Crippen LogP contribution in [0.3, 0.4) is 0 Å². The molecule has 0 amide bonds. The maximum atomic E-state index is 13.1. The molecule has 0 atom stereocenters. The van der Waals surface area contributed by atoms with Gasteiger partial charge in [0.05, 0.1) is 11.3 Å². The minimum absolute atomic E-state index is 0.0947. The zero-order chi connectivity index (χ0) is 14.9. The number of nitrogens with two attached hydrogens (primary N) is 1. The van der Waals surface area contributed by atoms with E-state index in [2.05, 4.69) is 0 Å². The molecule has 2 nitrogen and oxygen atoms in total. The predicted molar refractivity (Wildman–Crippen MR) is 67.3 cm³/mol. The molecule has 106 valence electrons. The van der Waals surface area contributed by atoms with Gasteiger partial charge in [-0.1, -0.05) is 11.6 Å². The van der Waals surface area contributed by atoms with Gasteiger partial charge in [0.1, 0.15) is 11.6 Å². The molecule has 0 saturated heterocycles. The van der Waals surface area contributed by atoms with Crippen molar-refractivity contribution in [1.29, 1.82) is 0 Å². The van der Waals surface area contributed by atoms with Crippen LogP contribution in [0.15, 0.2) is 36.4 Å². The van der Waals surface area contributed by atoms with Gasteiger partial charge in [-0.2, -0.15) is 13.2 Å². The summed E-state index contributed by atoms with van der Waals surface area (Å²) >= 11 is 5.74. The van der Waals surface area contributed by atoms with Gasteiger partial charge in [-0.3, -0.25) is 0 Å². The fourth-order valence-electron chi connectivity index (χ4n) is 1.51. The van der Waals surface area contributed by atoms with Gasteiger partial charge in [-0.25, -0.2) is 4.39 Å². The van der Waals surface area contributed by atoms with Crippen molar-refractivity contribution < 1.29 is 22.3 Å². The zero-order valence-electron chi connectivity index (χ0n) is 9.84. The van der Waals surface area contributed by atoms with Crippen LogP contribution < -0.4 is 10.5 Å². The number of hydrogen-bond donors (Lipinski definition) is 1. The summed E-state index contributed by atoms with van der Waals surface area (Å²) < 4.78 is 56.0. The first-order chi connectivity index (χ1) is 9.27. The molecular weight excluding hydrogens is 298 g/mol. The normalized spacial score (nSPS) is 11.4. The predicted octanol–water partition coefficient (Wildman–Crippen LogP) is 4.87. The maximum absolute atomic E-state index is 13.1. The monoisotopic (exact) mass is 305 g/mol. The van der Waals surface area contributed by atoms with Gasteiger partial charge in [-0.05, 0) is 30.3 Å². The van der Waals surface area contributed by atoms with Crippen molar-refractivity contribution in [3.63, 3.8) is 0 Å². The summed E-state index contributed by atoms with van der Waals surface area (Å²) in [5.41, 5.74) is 4.41. The molecular formula is C13H8ClF4NO. The van der Waals surface area contributed by atoms with Gasteiger partial charge in [0.2, 0.25) is 0 Å².